The average Bonchev–Trinajstić information content (AvgIpc) is 3.54. The lowest BCUT2D eigenvalue weighted by Crippen LogP contribution is -2.46. The third-order valence-electron chi connectivity index (χ3n) is 6.72. The third kappa shape index (κ3) is 5.42. The van der Waals surface area contributed by atoms with Crippen LogP contribution in [0.15, 0.2) is 40.1 Å². The molecule has 1 amide bonds. The van der Waals surface area contributed by atoms with E-state index in [1.165, 1.54) is 28.2 Å². The average molecular weight is 533 g/mol. The number of anilines is 1. The number of fused-ring (bicyclic) bond motifs is 1. The van der Waals surface area contributed by atoms with Crippen LogP contribution in [0.5, 0.6) is 0 Å². The van der Waals surface area contributed by atoms with Crippen LogP contribution in [-0.4, -0.2) is 60.3 Å². The number of hydrogen-bond donors (Lipinski definition) is 1. The second-order valence-corrected chi connectivity index (χ2v) is 9.17. The van der Waals surface area contributed by atoms with Gasteiger partial charge in [0, 0.05) is 61.9 Å². The van der Waals surface area contributed by atoms with E-state index >= 15 is 0 Å². The molecule has 1 aromatic carbocycles. The minimum absolute atomic E-state index is 0.0472. The molecule has 204 valence electrons. The molecule has 1 fully saturated rings. The Bertz CT molecular complexity index is 1480. The number of amides is 1. The van der Waals surface area contributed by atoms with Crippen LogP contribution in [0.4, 0.5) is 10.5 Å². The molecule has 1 aliphatic rings. The number of carbonyl (C=O) groups is 2. The van der Waals surface area contributed by atoms with Crippen LogP contribution in [0, 0.1) is 11.3 Å². The first kappa shape index (κ1) is 27.6. The Morgan fingerprint density at radius 1 is 1.38 bits per heavy atom. The van der Waals surface area contributed by atoms with E-state index in [1.54, 1.807) is 39.3 Å². The molecule has 2 unspecified atom stereocenters. The number of hydrogen-bond acceptors (Lipinski definition) is 9. The van der Waals surface area contributed by atoms with Crippen molar-refractivity contribution < 1.29 is 23.5 Å². The second kappa shape index (κ2) is 12.0. The highest BCUT2D eigenvalue weighted by Gasteiger charge is 2.38. The van der Waals surface area contributed by atoms with Crippen molar-refractivity contribution in [2.45, 2.75) is 45.3 Å². The molecule has 0 aliphatic carbocycles. The number of ketones is 1. The summed E-state index contributed by atoms with van der Waals surface area (Å²) >= 11 is 0. The maximum atomic E-state index is 13.8. The lowest BCUT2D eigenvalue weighted by Gasteiger charge is -2.36. The van der Waals surface area contributed by atoms with Crippen LogP contribution in [0.25, 0.3) is 16.5 Å². The maximum Gasteiger partial charge on any atom is 0.414 e. The van der Waals surface area contributed by atoms with Crippen molar-refractivity contribution in [2.24, 2.45) is 17.8 Å². The molecule has 1 aliphatic heterocycles. The molecule has 0 bridgehead atoms. The Balaban J connectivity index is 2.03. The Labute approximate surface area is 226 Å². The van der Waals surface area contributed by atoms with Gasteiger partial charge in [0.2, 0.25) is 5.78 Å². The van der Waals surface area contributed by atoms with E-state index in [-0.39, 0.29) is 41.3 Å². The molecule has 2 N–H and O–H groups in total. The quantitative estimate of drug-likeness (QED) is 0.335. The summed E-state index contributed by atoms with van der Waals surface area (Å²) in [4.78, 5) is 32.9. The normalized spacial score (nSPS) is 17.9. The number of furan rings is 1. The van der Waals surface area contributed by atoms with Gasteiger partial charge in [-0.1, -0.05) is 6.92 Å². The summed E-state index contributed by atoms with van der Waals surface area (Å²) in [6, 6.07) is 5.10. The van der Waals surface area contributed by atoms with Gasteiger partial charge in [-0.3, -0.25) is 19.4 Å². The fraction of sp³-hybridized carbons (Fsp3) is 0.393. The SMILES string of the molecule is CCOC(=O)N(c1c(C(=O)c2cnn(C)c2)oc2cc(C#N)c(/C(C=NC)=C/N)cc12)C1CCOC(CC)C1. The van der Waals surface area contributed by atoms with E-state index in [9.17, 15) is 14.9 Å². The molecule has 0 radical (unpaired) electrons. The molecule has 11 heteroatoms. The van der Waals surface area contributed by atoms with Crippen molar-refractivity contribution in [1.82, 2.24) is 9.78 Å². The van der Waals surface area contributed by atoms with Gasteiger partial charge in [0.1, 0.15) is 11.3 Å². The van der Waals surface area contributed by atoms with Gasteiger partial charge in [-0.05, 0) is 38.3 Å². The first-order valence-electron chi connectivity index (χ1n) is 12.8. The van der Waals surface area contributed by atoms with E-state index in [4.69, 9.17) is 19.6 Å². The Hall–Kier alpha value is -4.43. The van der Waals surface area contributed by atoms with Crippen LogP contribution in [-0.2, 0) is 16.5 Å². The van der Waals surface area contributed by atoms with E-state index in [0.717, 1.165) is 6.42 Å². The molecule has 1 saturated heterocycles. The van der Waals surface area contributed by atoms with Crippen molar-refractivity contribution >= 4 is 40.3 Å². The van der Waals surface area contributed by atoms with Crippen LogP contribution < -0.4 is 10.6 Å². The summed E-state index contributed by atoms with van der Waals surface area (Å²) in [6.45, 7) is 4.35. The molecule has 3 aromatic rings. The number of nitrogens with zero attached hydrogens (tertiary/aromatic N) is 5. The Kier molecular flexibility index (Phi) is 8.46. The number of benzene rings is 1. The molecular formula is C28H32N6O5. The summed E-state index contributed by atoms with van der Waals surface area (Å²) < 4.78 is 19.0. The molecule has 11 nitrogen and oxygen atoms in total. The highest BCUT2D eigenvalue weighted by atomic mass is 16.6. The zero-order chi connectivity index (χ0) is 28.1. The molecule has 0 saturated carbocycles. The number of nitrogens with two attached hydrogens (primary N) is 1. The molecule has 0 spiro atoms. The van der Waals surface area contributed by atoms with E-state index in [0.29, 0.717) is 41.5 Å². The largest absolute Gasteiger partial charge is 0.450 e. The molecule has 2 atom stereocenters. The van der Waals surface area contributed by atoms with Crippen molar-refractivity contribution in [3.8, 4) is 6.07 Å². The zero-order valence-corrected chi connectivity index (χ0v) is 22.5. The summed E-state index contributed by atoms with van der Waals surface area (Å²) in [7, 11) is 3.30. The standard InChI is InChI=1S/C28H32N6O5/c1-5-21-10-20(7-8-38-21)34(28(36)37-6-2)25-23-11-22(18(13-30)14-31-3)17(12-29)9-24(23)39-27(25)26(35)19-15-32-33(4)16-19/h9,11,13-16,20-21H,5-8,10,30H2,1-4H3/b18-13+,31-14?. The number of aryl methyl sites for hydroxylation is 1. The lowest BCUT2D eigenvalue weighted by molar-refractivity contribution is 0.00468. The van der Waals surface area contributed by atoms with Crippen molar-refractivity contribution in [1.29, 1.82) is 5.26 Å². The minimum atomic E-state index is -0.599. The molecule has 4 rings (SSSR count). The first-order chi connectivity index (χ1) is 18.9. The predicted octanol–water partition coefficient (Wildman–Crippen LogP) is 4.19. The van der Waals surface area contributed by atoms with Gasteiger partial charge in [0.15, 0.2) is 5.76 Å². The van der Waals surface area contributed by atoms with Gasteiger partial charge in [-0.15, -0.1) is 0 Å². The number of rotatable bonds is 8. The minimum Gasteiger partial charge on any atom is -0.450 e. The molecule has 3 heterocycles. The number of aromatic nitrogens is 2. The second-order valence-electron chi connectivity index (χ2n) is 9.17. The number of nitriles is 1. The van der Waals surface area contributed by atoms with E-state index < -0.39 is 11.9 Å². The lowest BCUT2D eigenvalue weighted by atomic mass is 9.96. The molecular weight excluding hydrogens is 500 g/mol. The van der Waals surface area contributed by atoms with Gasteiger partial charge in [-0.25, -0.2) is 4.79 Å². The first-order valence-corrected chi connectivity index (χ1v) is 12.8. The van der Waals surface area contributed by atoms with Crippen LogP contribution in [0.3, 0.4) is 0 Å². The summed E-state index contributed by atoms with van der Waals surface area (Å²) in [6.07, 6.45) is 7.13. The number of carbonyl (C=O) groups excluding carboxylic acids is 2. The monoisotopic (exact) mass is 532 g/mol. The fourth-order valence-corrected chi connectivity index (χ4v) is 4.86. The topological polar surface area (TPSA) is 149 Å². The Morgan fingerprint density at radius 2 is 2.18 bits per heavy atom. The van der Waals surface area contributed by atoms with Crippen molar-refractivity contribution in [2.75, 3.05) is 25.2 Å². The number of ether oxygens (including phenoxy) is 2. The summed E-state index contributed by atoms with van der Waals surface area (Å²) in [5.41, 5.74) is 7.98. The smallest absolute Gasteiger partial charge is 0.414 e. The highest BCUT2D eigenvalue weighted by Crippen LogP contribution is 2.41. The maximum absolute atomic E-state index is 13.8. The summed E-state index contributed by atoms with van der Waals surface area (Å²) in [5, 5.41) is 14.5. The van der Waals surface area contributed by atoms with Crippen molar-refractivity contribution in [3.63, 3.8) is 0 Å². The van der Waals surface area contributed by atoms with Gasteiger partial charge >= 0.3 is 6.09 Å². The van der Waals surface area contributed by atoms with Gasteiger partial charge < -0.3 is 19.6 Å². The summed E-state index contributed by atoms with van der Waals surface area (Å²) in [5.74, 6) is -0.499. The van der Waals surface area contributed by atoms with Gasteiger partial charge in [-0.2, -0.15) is 10.4 Å². The third-order valence-corrected chi connectivity index (χ3v) is 6.72. The van der Waals surface area contributed by atoms with E-state index in [1.807, 2.05) is 6.92 Å². The van der Waals surface area contributed by atoms with E-state index in [2.05, 4.69) is 16.2 Å². The molecule has 39 heavy (non-hydrogen) atoms. The van der Waals surface area contributed by atoms with Crippen LogP contribution >= 0.6 is 0 Å². The van der Waals surface area contributed by atoms with Gasteiger partial charge in [0.05, 0.1) is 36.1 Å². The van der Waals surface area contributed by atoms with Crippen LogP contribution in [0.1, 0.15) is 60.4 Å². The number of allylic oxidation sites excluding steroid dienone is 1. The van der Waals surface area contributed by atoms with Crippen LogP contribution in [0.2, 0.25) is 0 Å². The molecule has 2 aromatic heterocycles. The Morgan fingerprint density at radius 3 is 2.79 bits per heavy atom. The zero-order valence-electron chi connectivity index (χ0n) is 22.5. The highest BCUT2D eigenvalue weighted by molar-refractivity contribution is 6.18. The van der Waals surface area contributed by atoms with Gasteiger partial charge in [0.25, 0.3) is 0 Å². The van der Waals surface area contributed by atoms with Crippen molar-refractivity contribution in [3.05, 3.63) is 53.2 Å². The predicted molar refractivity (Wildman–Crippen MR) is 147 cm³/mol. The number of aliphatic imine (C=N–C) groups is 1. The fourth-order valence-electron chi connectivity index (χ4n) is 4.86.